The summed E-state index contributed by atoms with van der Waals surface area (Å²) in [6.45, 7) is 1.90. The van der Waals surface area contributed by atoms with Crippen molar-refractivity contribution in [3.63, 3.8) is 0 Å². The van der Waals surface area contributed by atoms with Crippen LogP contribution in [0.25, 0.3) is 0 Å². The van der Waals surface area contributed by atoms with E-state index in [4.69, 9.17) is 16.9 Å². The molecule has 0 aromatic heterocycles. The predicted octanol–water partition coefficient (Wildman–Crippen LogP) is 1.59. The molecule has 0 aromatic carbocycles. The lowest BCUT2D eigenvalue weighted by Crippen LogP contribution is -2.04. The van der Waals surface area contributed by atoms with Crippen molar-refractivity contribution in [1.82, 2.24) is 5.32 Å². The third-order valence-electron chi connectivity index (χ3n) is 0.943. The molecule has 0 rings (SSSR count). The molecule has 1 N–H and O–H groups in total. The lowest BCUT2D eigenvalue weighted by Gasteiger charge is -1.96. The van der Waals surface area contributed by atoms with Gasteiger partial charge in [-0.25, -0.2) is 0 Å². The van der Waals surface area contributed by atoms with Crippen molar-refractivity contribution in [3.8, 4) is 6.07 Å². The molecule has 0 saturated heterocycles. The normalized spacial score (nSPS) is 11.8. The molecule has 0 aromatic rings. The van der Waals surface area contributed by atoms with Crippen molar-refractivity contribution in [2.75, 3.05) is 7.05 Å². The molecule has 0 spiro atoms. The molecule has 0 heterocycles. The van der Waals surface area contributed by atoms with E-state index in [1.54, 1.807) is 7.05 Å². The highest BCUT2D eigenvalue weighted by Gasteiger charge is 1.96. The van der Waals surface area contributed by atoms with Gasteiger partial charge in [0.1, 0.15) is 11.8 Å². The number of nitrogens with zero attached hydrogens (tertiary/aromatic N) is 1. The van der Waals surface area contributed by atoms with Crippen molar-refractivity contribution < 1.29 is 0 Å². The van der Waals surface area contributed by atoms with Gasteiger partial charge in [-0.2, -0.15) is 5.26 Å². The Morgan fingerprint density at radius 2 is 2.33 bits per heavy atom. The molecule has 0 amide bonds. The average Bonchev–Trinajstić information content (AvgIpc) is 1.90. The van der Waals surface area contributed by atoms with Gasteiger partial charge in [0, 0.05) is 7.05 Å². The van der Waals surface area contributed by atoms with E-state index in [1.807, 2.05) is 13.0 Å². The Morgan fingerprint density at radius 1 is 1.78 bits per heavy atom. The van der Waals surface area contributed by atoms with Crippen LogP contribution in [-0.4, -0.2) is 7.05 Å². The first kappa shape index (κ1) is 8.32. The topological polar surface area (TPSA) is 35.8 Å². The van der Waals surface area contributed by atoms with Crippen LogP contribution < -0.4 is 5.32 Å². The number of hydrogen-bond acceptors (Lipinski definition) is 2. The van der Waals surface area contributed by atoms with Crippen molar-refractivity contribution in [2.24, 2.45) is 0 Å². The van der Waals surface area contributed by atoms with Gasteiger partial charge in [-0.1, -0.05) is 18.5 Å². The first-order valence-corrected chi connectivity index (χ1v) is 3.10. The van der Waals surface area contributed by atoms with Gasteiger partial charge in [-0.05, 0) is 6.42 Å². The molecule has 0 aliphatic heterocycles. The maximum Gasteiger partial charge on any atom is 0.128 e. The predicted molar refractivity (Wildman–Crippen MR) is 37.8 cm³/mol. The average molecular weight is 145 g/mol. The minimum absolute atomic E-state index is 0.458. The number of hydrogen-bond donors (Lipinski definition) is 1. The van der Waals surface area contributed by atoms with Crippen LogP contribution in [0.1, 0.15) is 13.3 Å². The molecule has 50 valence electrons. The van der Waals surface area contributed by atoms with Crippen LogP contribution in [0, 0.1) is 11.3 Å². The second-order valence-corrected chi connectivity index (χ2v) is 1.95. The van der Waals surface area contributed by atoms with E-state index in [1.165, 1.54) is 0 Å². The fourth-order valence-electron chi connectivity index (χ4n) is 0.429. The summed E-state index contributed by atoms with van der Waals surface area (Å²) < 4.78 is 0. The molecule has 0 aliphatic carbocycles. The Morgan fingerprint density at radius 3 is 2.44 bits per heavy atom. The zero-order valence-electron chi connectivity index (χ0n) is 5.53. The van der Waals surface area contributed by atoms with Crippen LogP contribution in [0.15, 0.2) is 10.7 Å². The second-order valence-electron chi connectivity index (χ2n) is 1.50. The third kappa shape index (κ3) is 2.39. The molecule has 0 saturated carbocycles. The fourth-order valence-corrected chi connectivity index (χ4v) is 0.566. The Kier molecular flexibility index (Phi) is 3.90. The number of halogens is 1. The molecule has 2 nitrogen and oxygen atoms in total. The summed E-state index contributed by atoms with van der Waals surface area (Å²) >= 11 is 5.63. The van der Waals surface area contributed by atoms with E-state index in [9.17, 15) is 0 Å². The smallest absolute Gasteiger partial charge is 0.128 e. The quantitative estimate of drug-likeness (QED) is 0.598. The molecule has 0 atom stereocenters. The van der Waals surface area contributed by atoms with Crippen molar-refractivity contribution in [3.05, 3.63) is 10.7 Å². The Hall–Kier alpha value is -0.680. The lowest BCUT2D eigenvalue weighted by atomic mass is 10.3. The van der Waals surface area contributed by atoms with Gasteiger partial charge in [0.15, 0.2) is 0 Å². The van der Waals surface area contributed by atoms with Crippen LogP contribution in [-0.2, 0) is 0 Å². The van der Waals surface area contributed by atoms with Crippen LogP contribution in [0.4, 0.5) is 0 Å². The summed E-state index contributed by atoms with van der Waals surface area (Å²) in [4.78, 5) is 0. The highest BCUT2D eigenvalue weighted by Crippen LogP contribution is 2.09. The van der Waals surface area contributed by atoms with Gasteiger partial charge >= 0.3 is 0 Å². The van der Waals surface area contributed by atoms with E-state index >= 15 is 0 Å². The highest BCUT2D eigenvalue weighted by atomic mass is 35.5. The van der Waals surface area contributed by atoms with Crippen LogP contribution in [0.2, 0.25) is 0 Å². The zero-order valence-corrected chi connectivity index (χ0v) is 6.29. The standard InChI is InChI=1S/C6H9ClN2/c1-3-5(7)6(4-8)9-2/h9H,3H2,1-2H3/b6-5+. The van der Waals surface area contributed by atoms with Crippen LogP contribution in [0.5, 0.6) is 0 Å². The number of allylic oxidation sites excluding steroid dienone is 2. The summed E-state index contributed by atoms with van der Waals surface area (Å²) in [6.07, 6.45) is 0.700. The number of nitriles is 1. The largest absolute Gasteiger partial charge is 0.379 e. The Labute approximate surface area is 60.1 Å². The molecule has 0 radical (unpaired) electrons. The van der Waals surface area contributed by atoms with Crippen LogP contribution >= 0.6 is 11.6 Å². The summed E-state index contributed by atoms with van der Waals surface area (Å²) in [5.74, 6) is 0. The second kappa shape index (κ2) is 4.22. The highest BCUT2D eigenvalue weighted by molar-refractivity contribution is 6.30. The maximum absolute atomic E-state index is 8.37. The molecule has 3 heteroatoms. The first-order chi connectivity index (χ1) is 4.26. The minimum atomic E-state index is 0.458. The van der Waals surface area contributed by atoms with Crippen molar-refractivity contribution >= 4 is 11.6 Å². The maximum atomic E-state index is 8.37. The van der Waals surface area contributed by atoms with Gasteiger partial charge in [0.2, 0.25) is 0 Å². The molecular formula is C6H9ClN2. The zero-order chi connectivity index (χ0) is 7.28. The lowest BCUT2D eigenvalue weighted by molar-refractivity contribution is 1.000. The summed E-state index contributed by atoms with van der Waals surface area (Å²) in [5.41, 5.74) is 0.458. The Balaban J connectivity index is 4.24. The number of rotatable bonds is 2. The van der Waals surface area contributed by atoms with E-state index in [-0.39, 0.29) is 0 Å². The summed E-state index contributed by atoms with van der Waals surface area (Å²) in [6, 6.07) is 1.94. The van der Waals surface area contributed by atoms with Gasteiger partial charge in [-0.15, -0.1) is 0 Å². The summed E-state index contributed by atoms with van der Waals surface area (Å²) in [7, 11) is 1.68. The van der Waals surface area contributed by atoms with Crippen molar-refractivity contribution in [2.45, 2.75) is 13.3 Å². The van der Waals surface area contributed by atoms with Crippen molar-refractivity contribution in [1.29, 1.82) is 5.26 Å². The first-order valence-electron chi connectivity index (χ1n) is 2.72. The fraction of sp³-hybridized carbons (Fsp3) is 0.500. The molecule has 0 bridgehead atoms. The monoisotopic (exact) mass is 144 g/mol. The van der Waals surface area contributed by atoms with E-state index < -0.39 is 0 Å². The SMILES string of the molecule is CC/C(Cl)=C(/C#N)NC. The third-order valence-corrected chi connectivity index (χ3v) is 1.40. The molecule has 9 heavy (non-hydrogen) atoms. The summed E-state index contributed by atoms with van der Waals surface area (Å²) in [5, 5.41) is 11.6. The van der Waals surface area contributed by atoms with Gasteiger partial charge < -0.3 is 5.32 Å². The van der Waals surface area contributed by atoms with Crippen LogP contribution in [0.3, 0.4) is 0 Å². The molecule has 0 unspecified atom stereocenters. The van der Waals surface area contributed by atoms with E-state index in [2.05, 4.69) is 5.32 Å². The minimum Gasteiger partial charge on any atom is -0.379 e. The molecule has 0 aliphatic rings. The van der Waals surface area contributed by atoms with Gasteiger partial charge in [0.05, 0.1) is 5.03 Å². The van der Waals surface area contributed by atoms with E-state index in [0.29, 0.717) is 17.2 Å². The van der Waals surface area contributed by atoms with Gasteiger partial charge in [0.25, 0.3) is 0 Å². The van der Waals surface area contributed by atoms with E-state index in [0.717, 1.165) is 0 Å². The molecular weight excluding hydrogens is 136 g/mol. The Bertz CT molecular complexity index is 155. The van der Waals surface area contributed by atoms with Gasteiger partial charge in [-0.3, -0.25) is 0 Å². The number of nitrogens with one attached hydrogen (secondary N) is 1. The molecule has 0 fully saturated rings.